The Morgan fingerprint density at radius 2 is 1.37 bits per heavy atom. The zero-order valence-electron chi connectivity index (χ0n) is 15.5. The van der Waals surface area contributed by atoms with Gasteiger partial charge in [-0.05, 0) is 33.4 Å². The number of benzene rings is 3. The van der Waals surface area contributed by atoms with Crippen LogP contribution in [0.25, 0.3) is 5.57 Å². The molecule has 3 aromatic rings. The summed E-state index contributed by atoms with van der Waals surface area (Å²) < 4.78 is 0. The summed E-state index contributed by atoms with van der Waals surface area (Å²) in [5, 5.41) is 0. The average Bonchev–Trinajstić information content (AvgIpc) is 2.75. The molecule has 3 aromatic carbocycles. The van der Waals surface area contributed by atoms with Gasteiger partial charge >= 0.3 is 0 Å². The van der Waals surface area contributed by atoms with Crippen LogP contribution >= 0.6 is 0 Å². The SMILES string of the molecule is CC1(c2ccccc2)c2ccccc2C(c2ccccc2)=C2C=CC=CC21. The highest BCUT2D eigenvalue weighted by atomic mass is 14.5. The van der Waals surface area contributed by atoms with Crippen molar-refractivity contribution in [1.82, 2.24) is 0 Å². The largest absolute Gasteiger partial charge is 0.0758 e. The lowest BCUT2D eigenvalue weighted by Crippen LogP contribution is -2.38. The van der Waals surface area contributed by atoms with E-state index >= 15 is 0 Å². The van der Waals surface area contributed by atoms with Crippen LogP contribution in [0.2, 0.25) is 0 Å². The Hall–Kier alpha value is -3.12. The van der Waals surface area contributed by atoms with Gasteiger partial charge in [0.25, 0.3) is 0 Å². The maximum atomic E-state index is 2.40. The fourth-order valence-corrected chi connectivity index (χ4v) is 4.81. The molecule has 0 aromatic heterocycles. The maximum absolute atomic E-state index is 2.40. The van der Waals surface area contributed by atoms with Crippen molar-refractivity contribution in [2.45, 2.75) is 12.3 Å². The van der Waals surface area contributed by atoms with E-state index < -0.39 is 0 Å². The van der Waals surface area contributed by atoms with E-state index in [0.717, 1.165) is 0 Å². The van der Waals surface area contributed by atoms with Crippen LogP contribution in [0.5, 0.6) is 0 Å². The van der Waals surface area contributed by atoms with Gasteiger partial charge in [0.2, 0.25) is 0 Å². The van der Waals surface area contributed by atoms with Crippen LogP contribution in [0.3, 0.4) is 0 Å². The molecule has 0 saturated carbocycles. The van der Waals surface area contributed by atoms with Crippen LogP contribution in [0.15, 0.2) is 115 Å². The third-order valence-electron chi connectivity index (χ3n) is 6.13. The third kappa shape index (κ3) is 2.37. The van der Waals surface area contributed by atoms with Crippen molar-refractivity contribution in [3.63, 3.8) is 0 Å². The van der Waals surface area contributed by atoms with E-state index in [9.17, 15) is 0 Å². The molecule has 2 unspecified atom stereocenters. The van der Waals surface area contributed by atoms with Crippen molar-refractivity contribution in [3.8, 4) is 0 Å². The Labute approximate surface area is 161 Å². The molecule has 0 spiro atoms. The van der Waals surface area contributed by atoms with Gasteiger partial charge in [-0.2, -0.15) is 0 Å². The molecular formula is C27H22. The molecule has 0 saturated heterocycles. The lowest BCUT2D eigenvalue weighted by Gasteiger charge is -2.45. The summed E-state index contributed by atoms with van der Waals surface area (Å²) in [6, 6.07) is 30.7. The molecule has 27 heavy (non-hydrogen) atoms. The molecule has 0 radical (unpaired) electrons. The Bertz CT molecular complexity index is 1070. The van der Waals surface area contributed by atoms with Gasteiger partial charge in [0.15, 0.2) is 0 Å². The summed E-state index contributed by atoms with van der Waals surface area (Å²) in [6.45, 7) is 2.40. The van der Waals surface area contributed by atoms with Crippen LogP contribution in [0.4, 0.5) is 0 Å². The molecule has 130 valence electrons. The molecule has 0 heteroatoms. The predicted molar refractivity (Wildman–Crippen MR) is 114 cm³/mol. The molecule has 2 atom stereocenters. The second-order valence-electron chi connectivity index (χ2n) is 7.53. The van der Waals surface area contributed by atoms with Gasteiger partial charge in [-0.1, -0.05) is 116 Å². The molecule has 5 rings (SSSR count). The minimum Gasteiger partial charge on any atom is -0.0758 e. The molecule has 0 amide bonds. The standard InChI is InChI=1S/C27H22/c1-27(21-14-6-3-7-15-21)24-18-10-8-16-22(24)26(20-12-4-2-5-13-20)23-17-9-11-19-25(23)27/h2-19,24H,1H3. The first-order chi connectivity index (χ1) is 13.3. The maximum Gasteiger partial charge on any atom is 0.0284 e. The Morgan fingerprint density at radius 3 is 2.15 bits per heavy atom. The van der Waals surface area contributed by atoms with E-state index in [4.69, 9.17) is 0 Å². The molecule has 0 N–H and O–H groups in total. The average molecular weight is 346 g/mol. The van der Waals surface area contributed by atoms with Crippen LogP contribution < -0.4 is 0 Å². The summed E-state index contributed by atoms with van der Waals surface area (Å²) in [6.07, 6.45) is 9.06. The summed E-state index contributed by atoms with van der Waals surface area (Å²) in [4.78, 5) is 0. The molecular weight excluding hydrogens is 324 g/mol. The first-order valence-corrected chi connectivity index (χ1v) is 9.60. The van der Waals surface area contributed by atoms with Crippen LogP contribution in [-0.2, 0) is 5.41 Å². The zero-order valence-corrected chi connectivity index (χ0v) is 15.5. The van der Waals surface area contributed by atoms with Gasteiger partial charge in [0.1, 0.15) is 0 Å². The number of fused-ring (bicyclic) bond motifs is 2. The first-order valence-electron chi connectivity index (χ1n) is 9.60. The third-order valence-corrected chi connectivity index (χ3v) is 6.13. The van der Waals surface area contributed by atoms with Gasteiger partial charge in [-0.15, -0.1) is 0 Å². The van der Waals surface area contributed by atoms with Crippen molar-refractivity contribution in [3.05, 3.63) is 137 Å². The second kappa shape index (κ2) is 6.25. The minimum absolute atomic E-state index is 0.0905. The summed E-state index contributed by atoms with van der Waals surface area (Å²) in [5.41, 5.74) is 8.10. The van der Waals surface area contributed by atoms with Crippen LogP contribution in [0, 0.1) is 5.92 Å². The van der Waals surface area contributed by atoms with E-state index in [2.05, 4.69) is 116 Å². The van der Waals surface area contributed by atoms with Gasteiger partial charge in [-0.3, -0.25) is 0 Å². The molecule has 0 fully saturated rings. The lowest BCUT2D eigenvalue weighted by atomic mass is 9.58. The number of hydrogen-bond acceptors (Lipinski definition) is 0. The second-order valence-corrected chi connectivity index (χ2v) is 7.53. The normalized spacial score (nSPS) is 23.1. The zero-order chi connectivity index (χ0) is 18.3. The van der Waals surface area contributed by atoms with Gasteiger partial charge in [-0.25, -0.2) is 0 Å². The molecule has 2 aliphatic rings. The van der Waals surface area contributed by atoms with E-state index in [-0.39, 0.29) is 5.41 Å². The van der Waals surface area contributed by atoms with Crippen molar-refractivity contribution in [1.29, 1.82) is 0 Å². The van der Waals surface area contributed by atoms with E-state index in [1.807, 2.05) is 0 Å². The fraction of sp³-hybridized carbons (Fsp3) is 0.111. The number of hydrogen-bond donors (Lipinski definition) is 0. The fourth-order valence-electron chi connectivity index (χ4n) is 4.81. The highest BCUT2D eigenvalue weighted by Crippen LogP contribution is 2.53. The van der Waals surface area contributed by atoms with Crippen LogP contribution in [0.1, 0.15) is 29.2 Å². The van der Waals surface area contributed by atoms with Gasteiger partial charge < -0.3 is 0 Å². The Morgan fingerprint density at radius 1 is 0.704 bits per heavy atom. The monoisotopic (exact) mass is 346 g/mol. The molecule has 0 aliphatic heterocycles. The van der Waals surface area contributed by atoms with E-state index in [1.54, 1.807) is 0 Å². The minimum atomic E-state index is -0.0905. The van der Waals surface area contributed by atoms with Crippen molar-refractivity contribution in [2.75, 3.05) is 0 Å². The highest BCUT2D eigenvalue weighted by Gasteiger charge is 2.44. The molecule has 0 nitrogen and oxygen atoms in total. The predicted octanol–water partition coefficient (Wildman–Crippen LogP) is 6.55. The molecule has 0 bridgehead atoms. The van der Waals surface area contributed by atoms with Crippen molar-refractivity contribution < 1.29 is 0 Å². The first kappa shape index (κ1) is 16.1. The van der Waals surface area contributed by atoms with Gasteiger partial charge in [0.05, 0.1) is 0 Å². The highest BCUT2D eigenvalue weighted by molar-refractivity contribution is 5.89. The number of allylic oxidation sites excluding steroid dienone is 5. The molecule has 0 heterocycles. The van der Waals surface area contributed by atoms with E-state index in [0.29, 0.717) is 5.92 Å². The van der Waals surface area contributed by atoms with Gasteiger partial charge in [0, 0.05) is 11.3 Å². The topological polar surface area (TPSA) is 0 Å². The summed E-state index contributed by atoms with van der Waals surface area (Å²) in [7, 11) is 0. The summed E-state index contributed by atoms with van der Waals surface area (Å²) >= 11 is 0. The van der Waals surface area contributed by atoms with Crippen LogP contribution in [-0.4, -0.2) is 0 Å². The van der Waals surface area contributed by atoms with Crippen molar-refractivity contribution in [2.24, 2.45) is 5.92 Å². The lowest BCUT2D eigenvalue weighted by molar-refractivity contribution is 0.463. The number of rotatable bonds is 2. The smallest absolute Gasteiger partial charge is 0.0284 e. The Kier molecular flexibility index (Phi) is 3.72. The molecule has 2 aliphatic carbocycles. The Balaban J connectivity index is 1.86. The van der Waals surface area contributed by atoms with Crippen molar-refractivity contribution >= 4 is 5.57 Å². The quantitative estimate of drug-likeness (QED) is 0.493. The summed E-state index contributed by atoms with van der Waals surface area (Å²) in [5.74, 6) is 0.315. The van der Waals surface area contributed by atoms with E-state index in [1.165, 1.54) is 33.4 Å².